The summed E-state index contributed by atoms with van der Waals surface area (Å²) in [6.45, 7) is 0. The summed E-state index contributed by atoms with van der Waals surface area (Å²) in [5.74, 6) is 2.28. The molecule has 3 aromatic carbocycles. The van der Waals surface area contributed by atoms with Crippen molar-refractivity contribution in [2.75, 3.05) is 28.4 Å². The Bertz CT molecular complexity index is 985. The molecule has 3 aromatic rings. The summed E-state index contributed by atoms with van der Waals surface area (Å²) in [7, 11) is 6.26. The molecule has 0 radical (unpaired) electrons. The molecule has 0 atom stereocenters. The molecular formula is C19H19ClO5. The van der Waals surface area contributed by atoms with E-state index in [1.165, 1.54) is 0 Å². The van der Waals surface area contributed by atoms with Crippen LogP contribution in [0.5, 0.6) is 23.0 Å². The van der Waals surface area contributed by atoms with Crippen LogP contribution in [0.2, 0.25) is 0 Å². The molecule has 0 unspecified atom stereocenters. The zero-order valence-corrected chi connectivity index (χ0v) is 15.2. The lowest BCUT2D eigenvalue weighted by atomic mass is 10.1. The van der Waals surface area contributed by atoms with Crippen LogP contribution < -0.4 is 24.4 Å². The number of rotatable bonds is 4. The van der Waals surface area contributed by atoms with E-state index in [0.29, 0.717) is 28.4 Å². The van der Waals surface area contributed by atoms with Crippen LogP contribution in [0, 0.1) is 0 Å². The Labute approximate surface area is 151 Å². The molecule has 0 aromatic heterocycles. The number of hydrogen-bond donors (Lipinski definition) is 0. The average molecular weight is 363 g/mol. The number of benzene rings is 2. The lowest BCUT2D eigenvalue weighted by Gasteiger charge is -2.08. The molecule has 0 N–H and O–H groups in total. The molecule has 6 heteroatoms. The van der Waals surface area contributed by atoms with Crippen molar-refractivity contribution in [3.63, 3.8) is 0 Å². The largest absolute Gasteiger partial charge is 0.493 e. The van der Waals surface area contributed by atoms with Crippen LogP contribution in [0.25, 0.3) is 21.5 Å². The van der Waals surface area contributed by atoms with Gasteiger partial charge in [-0.15, -0.1) is 12.4 Å². The Balaban J connectivity index is 0.00000225. The highest BCUT2D eigenvalue weighted by Crippen LogP contribution is 2.34. The van der Waals surface area contributed by atoms with E-state index in [2.05, 4.69) is 0 Å². The van der Waals surface area contributed by atoms with Crippen molar-refractivity contribution in [1.82, 2.24) is 0 Å². The summed E-state index contributed by atoms with van der Waals surface area (Å²) in [6.07, 6.45) is 0. The van der Waals surface area contributed by atoms with Crippen molar-refractivity contribution >= 4 is 34.0 Å². The zero-order valence-electron chi connectivity index (χ0n) is 14.4. The van der Waals surface area contributed by atoms with Crippen molar-refractivity contribution in [1.29, 1.82) is 0 Å². The number of methoxy groups -OCH3 is 4. The van der Waals surface area contributed by atoms with Gasteiger partial charge in [0.15, 0.2) is 28.4 Å². The van der Waals surface area contributed by atoms with Crippen molar-refractivity contribution in [2.45, 2.75) is 0 Å². The Hall–Kier alpha value is -2.66. The van der Waals surface area contributed by atoms with Crippen LogP contribution in [0.3, 0.4) is 0 Å². The molecule has 0 aliphatic heterocycles. The average Bonchev–Trinajstić information content (AvgIpc) is 2.74. The van der Waals surface area contributed by atoms with Gasteiger partial charge < -0.3 is 18.9 Å². The number of ether oxygens (including phenoxy) is 4. The van der Waals surface area contributed by atoms with Crippen molar-refractivity contribution in [2.24, 2.45) is 0 Å². The van der Waals surface area contributed by atoms with E-state index >= 15 is 0 Å². The highest BCUT2D eigenvalue weighted by Gasteiger charge is 2.11. The van der Waals surface area contributed by atoms with Gasteiger partial charge in [0.1, 0.15) is 0 Å². The van der Waals surface area contributed by atoms with Crippen molar-refractivity contribution < 1.29 is 18.9 Å². The highest BCUT2D eigenvalue weighted by molar-refractivity contribution is 5.96. The quantitative estimate of drug-likeness (QED) is 0.706. The molecule has 0 aliphatic rings. The van der Waals surface area contributed by atoms with Gasteiger partial charge in [0.05, 0.1) is 28.4 Å². The fourth-order valence-corrected chi connectivity index (χ4v) is 2.77. The van der Waals surface area contributed by atoms with Gasteiger partial charge in [-0.1, -0.05) is 0 Å². The molecular weight excluding hydrogens is 344 g/mol. The maximum absolute atomic E-state index is 12.6. The third-order valence-corrected chi connectivity index (χ3v) is 4.01. The van der Waals surface area contributed by atoms with Crippen molar-refractivity contribution in [3.8, 4) is 23.0 Å². The summed E-state index contributed by atoms with van der Waals surface area (Å²) in [5.41, 5.74) is -0.104. The molecule has 5 nitrogen and oxygen atoms in total. The van der Waals surface area contributed by atoms with E-state index in [9.17, 15) is 4.79 Å². The Kier molecular flexibility index (Phi) is 5.59. The van der Waals surface area contributed by atoms with Crippen molar-refractivity contribution in [3.05, 3.63) is 46.6 Å². The third kappa shape index (κ3) is 3.28. The van der Waals surface area contributed by atoms with Gasteiger partial charge in [-0.25, -0.2) is 0 Å². The van der Waals surface area contributed by atoms with E-state index in [1.807, 2.05) is 12.1 Å². The Morgan fingerprint density at radius 2 is 0.960 bits per heavy atom. The minimum Gasteiger partial charge on any atom is -0.493 e. The van der Waals surface area contributed by atoms with Gasteiger partial charge >= 0.3 is 0 Å². The second-order valence-corrected chi connectivity index (χ2v) is 5.28. The van der Waals surface area contributed by atoms with E-state index in [0.717, 1.165) is 16.2 Å². The molecule has 25 heavy (non-hydrogen) atoms. The number of halogens is 1. The molecule has 0 bridgehead atoms. The zero-order chi connectivity index (χ0) is 17.3. The summed E-state index contributed by atoms with van der Waals surface area (Å²) in [5, 5.41) is 2.96. The van der Waals surface area contributed by atoms with E-state index in [4.69, 9.17) is 18.9 Å². The van der Waals surface area contributed by atoms with Crippen LogP contribution in [0.1, 0.15) is 0 Å². The molecule has 0 spiro atoms. The second kappa shape index (κ2) is 7.49. The van der Waals surface area contributed by atoms with Crippen LogP contribution >= 0.6 is 12.4 Å². The molecule has 0 saturated heterocycles. The first kappa shape index (κ1) is 18.7. The summed E-state index contributed by atoms with van der Waals surface area (Å²) >= 11 is 0. The molecule has 0 heterocycles. The predicted molar refractivity (Wildman–Crippen MR) is 101 cm³/mol. The fraction of sp³-hybridized carbons (Fsp3) is 0.211. The van der Waals surface area contributed by atoms with Crippen LogP contribution in [0.4, 0.5) is 0 Å². The lowest BCUT2D eigenvalue weighted by molar-refractivity contribution is 0.356. The van der Waals surface area contributed by atoms with Gasteiger partial charge in [0.25, 0.3) is 0 Å². The first-order valence-corrected chi connectivity index (χ1v) is 7.37. The van der Waals surface area contributed by atoms with Gasteiger partial charge in [0.2, 0.25) is 0 Å². The second-order valence-electron chi connectivity index (χ2n) is 5.28. The first-order chi connectivity index (χ1) is 11.6. The van der Waals surface area contributed by atoms with Crippen LogP contribution in [0.15, 0.2) is 41.2 Å². The maximum atomic E-state index is 12.6. The normalized spacial score (nSPS) is 10.2. The van der Waals surface area contributed by atoms with E-state index in [-0.39, 0.29) is 17.8 Å². The predicted octanol–water partition coefficient (Wildman–Crippen LogP) is 3.81. The Morgan fingerprint density at radius 1 is 0.560 bits per heavy atom. The van der Waals surface area contributed by atoms with E-state index in [1.54, 1.807) is 52.7 Å². The molecule has 3 rings (SSSR count). The number of fused-ring (bicyclic) bond motifs is 2. The number of hydrogen-bond acceptors (Lipinski definition) is 5. The minimum atomic E-state index is -0.104. The topological polar surface area (TPSA) is 54.0 Å². The summed E-state index contributed by atoms with van der Waals surface area (Å²) in [6, 6.07) is 10.7. The summed E-state index contributed by atoms with van der Waals surface area (Å²) in [4.78, 5) is 12.6. The third-order valence-electron chi connectivity index (χ3n) is 4.01. The van der Waals surface area contributed by atoms with Gasteiger partial charge in [0, 0.05) is 5.39 Å². The minimum absolute atomic E-state index is 0. The highest BCUT2D eigenvalue weighted by atomic mass is 35.5. The van der Waals surface area contributed by atoms with Gasteiger partial charge in [-0.05, 0) is 52.6 Å². The monoisotopic (exact) mass is 362 g/mol. The molecule has 0 amide bonds. The Morgan fingerprint density at radius 3 is 1.44 bits per heavy atom. The molecule has 0 fully saturated rings. The smallest absolute Gasteiger partial charge is 0.187 e. The molecule has 132 valence electrons. The molecule has 0 aliphatic carbocycles. The van der Waals surface area contributed by atoms with Crippen LogP contribution in [-0.4, -0.2) is 28.4 Å². The standard InChI is InChI=1S/C19H18O5.ClH/c1-21-16-7-11-5-13-9-18(23-3)19(24-4)10-14(13)15(20)6-12(11)8-17(16)22-2;/h5-10H,1-4H3;1H. The fourth-order valence-electron chi connectivity index (χ4n) is 2.77. The van der Waals surface area contributed by atoms with Gasteiger partial charge in [-0.2, -0.15) is 0 Å². The van der Waals surface area contributed by atoms with E-state index < -0.39 is 0 Å². The first-order valence-electron chi connectivity index (χ1n) is 7.37. The molecule has 0 saturated carbocycles. The van der Waals surface area contributed by atoms with Crippen LogP contribution in [-0.2, 0) is 0 Å². The maximum Gasteiger partial charge on any atom is 0.187 e. The lowest BCUT2D eigenvalue weighted by Crippen LogP contribution is -1.97. The summed E-state index contributed by atoms with van der Waals surface area (Å²) < 4.78 is 21.3. The van der Waals surface area contributed by atoms with Gasteiger partial charge in [-0.3, -0.25) is 4.79 Å². The SMILES string of the molecule is COc1cc2cc(=O)c3cc(OC)c(OC)cc3cc2cc1OC.Cl.